The highest BCUT2D eigenvalue weighted by atomic mass is 16.8. The van der Waals surface area contributed by atoms with Crippen molar-refractivity contribution in [2.24, 2.45) is 4.99 Å². The van der Waals surface area contributed by atoms with E-state index >= 15 is 0 Å². The Morgan fingerprint density at radius 3 is 2.64 bits per heavy atom. The van der Waals surface area contributed by atoms with Crippen molar-refractivity contribution in [2.45, 2.75) is 50.3 Å². The largest absolute Gasteiger partial charge is 0.469 e. The fourth-order valence-electron chi connectivity index (χ4n) is 3.13. The molecule has 1 unspecified atom stereocenters. The molecule has 5 atom stereocenters. The Kier molecular flexibility index (Phi) is 3.23. The van der Waals surface area contributed by atoms with E-state index in [0.717, 1.165) is 5.56 Å². The third kappa shape index (κ3) is 2.32. The molecule has 0 spiro atoms. The molecule has 4 rings (SSSR count). The van der Waals surface area contributed by atoms with Gasteiger partial charge < -0.3 is 24.1 Å². The number of ether oxygens (including phenoxy) is 4. The highest BCUT2D eigenvalue weighted by molar-refractivity contribution is 5.95. The smallest absolute Gasteiger partial charge is 0.216 e. The van der Waals surface area contributed by atoms with E-state index in [-0.39, 0.29) is 6.10 Å². The lowest BCUT2D eigenvalue weighted by Crippen LogP contribution is -2.42. The van der Waals surface area contributed by atoms with Crippen molar-refractivity contribution in [3.63, 3.8) is 0 Å². The zero-order chi connectivity index (χ0) is 15.3. The van der Waals surface area contributed by atoms with Crippen LogP contribution in [0.25, 0.3) is 0 Å². The van der Waals surface area contributed by atoms with Crippen LogP contribution in [-0.2, 0) is 18.9 Å². The molecule has 1 aromatic carbocycles. The predicted octanol–water partition coefficient (Wildman–Crippen LogP) is 1.07. The number of rotatable bonds is 2. The van der Waals surface area contributed by atoms with Crippen molar-refractivity contribution in [1.29, 1.82) is 0 Å². The molecular weight excluding hydrogens is 286 g/mol. The Bertz CT molecular complexity index is 587. The number of hydrogen-bond donors (Lipinski definition) is 1. The topological polar surface area (TPSA) is 69.5 Å². The molecular formula is C16H19NO5. The lowest BCUT2D eigenvalue weighted by Gasteiger charge is -2.25. The molecule has 0 radical (unpaired) electrons. The van der Waals surface area contributed by atoms with Gasteiger partial charge in [-0.3, -0.25) is 0 Å². The molecule has 118 valence electrons. The Labute approximate surface area is 128 Å². The molecule has 3 heterocycles. The van der Waals surface area contributed by atoms with Gasteiger partial charge in [0, 0.05) is 5.56 Å². The number of fused-ring (bicyclic) bond motifs is 1. The molecule has 0 bridgehead atoms. The van der Waals surface area contributed by atoms with Crippen molar-refractivity contribution in [3.8, 4) is 0 Å². The van der Waals surface area contributed by atoms with E-state index in [2.05, 4.69) is 4.99 Å². The number of benzene rings is 1. The monoisotopic (exact) mass is 305 g/mol. The minimum Gasteiger partial charge on any atom is -0.469 e. The van der Waals surface area contributed by atoms with Gasteiger partial charge in [-0.05, 0) is 26.0 Å². The van der Waals surface area contributed by atoms with E-state index in [1.807, 2.05) is 30.3 Å². The maximum absolute atomic E-state index is 10.4. The van der Waals surface area contributed by atoms with Crippen LogP contribution in [0.5, 0.6) is 0 Å². The van der Waals surface area contributed by atoms with E-state index in [0.29, 0.717) is 12.4 Å². The lowest BCUT2D eigenvalue weighted by molar-refractivity contribution is -0.223. The zero-order valence-electron chi connectivity index (χ0n) is 12.5. The van der Waals surface area contributed by atoms with Gasteiger partial charge in [-0.1, -0.05) is 18.2 Å². The second-order valence-corrected chi connectivity index (χ2v) is 6.23. The summed E-state index contributed by atoms with van der Waals surface area (Å²) in [4.78, 5) is 4.41. The molecule has 1 aromatic rings. The molecule has 1 N–H and O–H groups in total. The quantitative estimate of drug-likeness (QED) is 0.885. The first kappa shape index (κ1) is 14.1. The van der Waals surface area contributed by atoms with Gasteiger partial charge in [0.2, 0.25) is 5.90 Å². The summed E-state index contributed by atoms with van der Waals surface area (Å²) in [6, 6.07) is 9.69. The lowest BCUT2D eigenvalue weighted by atomic mass is 10.1. The minimum atomic E-state index is -0.790. The first-order valence-electron chi connectivity index (χ1n) is 7.49. The maximum atomic E-state index is 10.4. The van der Waals surface area contributed by atoms with Crippen LogP contribution in [0.1, 0.15) is 19.4 Å². The van der Waals surface area contributed by atoms with Crippen LogP contribution in [0.3, 0.4) is 0 Å². The molecule has 6 nitrogen and oxygen atoms in total. The number of nitrogens with zero attached hydrogens (tertiary/aromatic N) is 1. The Balaban J connectivity index is 1.44. The van der Waals surface area contributed by atoms with Crippen molar-refractivity contribution < 1.29 is 24.1 Å². The van der Waals surface area contributed by atoms with E-state index in [9.17, 15) is 5.11 Å². The van der Waals surface area contributed by atoms with Gasteiger partial charge in [-0.15, -0.1) is 0 Å². The van der Waals surface area contributed by atoms with Crippen LogP contribution in [0, 0.1) is 0 Å². The van der Waals surface area contributed by atoms with Gasteiger partial charge in [0.15, 0.2) is 12.1 Å². The van der Waals surface area contributed by atoms with E-state index in [1.165, 1.54) is 0 Å². The number of aliphatic hydroxyl groups is 1. The third-order valence-corrected chi connectivity index (χ3v) is 4.12. The fraction of sp³-hybridized carbons (Fsp3) is 0.562. The van der Waals surface area contributed by atoms with Gasteiger partial charge in [-0.25, -0.2) is 4.99 Å². The third-order valence-electron chi connectivity index (χ3n) is 4.12. The average molecular weight is 305 g/mol. The standard InChI is InChI=1S/C16H19NO5/c1-16(2)21-13-11(18)12(20-15(13)22-16)10-8-17-14(19-10)9-6-4-3-5-7-9/h3-7,10-13,15,18H,8H2,1-2H3/t10?,11-,12+,13+,15+/m0/s1. The normalized spacial score (nSPS) is 39.4. The first-order chi connectivity index (χ1) is 10.5. The molecule has 2 fully saturated rings. The Morgan fingerprint density at radius 1 is 1.14 bits per heavy atom. The van der Waals surface area contributed by atoms with Crippen LogP contribution < -0.4 is 0 Å². The highest BCUT2D eigenvalue weighted by Crippen LogP contribution is 2.39. The van der Waals surface area contributed by atoms with Gasteiger partial charge in [0.1, 0.15) is 24.4 Å². The van der Waals surface area contributed by atoms with E-state index < -0.39 is 30.4 Å². The summed E-state index contributed by atoms with van der Waals surface area (Å²) in [6.07, 6.45) is -2.66. The van der Waals surface area contributed by atoms with Crippen LogP contribution in [-0.4, -0.2) is 54.0 Å². The average Bonchev–Trinajstić information content (AvgIpc) is 3.15. The van der Waals surface area contributed by atoms with Gasteiger partial charge in [-0.2, -0.15) is 0 Å². The molecule has 6 heteroatoms. The molecule has 3 aliphatic heterocycles. The fourth-order valence-corrected chi connectivity index (χ4v) is 3.13. The molecule has 0 aliphatic carbocycles. The molecule has 3 aliphatic rings. The number of hydrogen-bond acceptors (Lipinski definition) is 6. The van der Waals surface area contributed by atoms with Gasteiger partial charge in [0.05, 0.1) is 6.54 Å². The van der Waals surface area contributed by atoms with Crippen LogP contribution in [0.2, 0.25) is 0 Å². The van der Waals surface area contributed by atoms with E-state index in [4.69, 9.17) is 18.9 Å². The molecule has 22 heavy (non-hydrogen) atoms. The van der Waals surface area contributed by atoms with Crippen molar-refractivity contribution in [3.05, 3.63) is 35.9 Å². The van der Waals surface area contributed by atoms with Crippen LogP contribution in [0.4, 0.5) is 0 Å². The molecule has 2 saturated heterocycles. The van der Waals surface area contributed by atoms with Gasteiger partial charge in [0.25, 0.3) is 0 Å². The molecule has 0 amide bonds. The second-order valence-electron chi connectivity index (χ2n) is 6.23. The molecule has 0 saturated carbocycles. The summed E-state index contributed by atoms with van der Waals surface area (Å²) in [7, 11) is 0. The van der Waals surface area contributed by atoms with Crippen LogP contribution in [0.15, 0.2) is 35.3 Å². The summed E-state index contributed by atoms with van der Waals surface area (Å²) in [6.45, 7) is 4.06. The Hall–Kier alpha value is -1.47. The summed E-state index contributed by atoms with van der Waals surface area (Å²) in [5.74, 6) is -0.149. The predicted molar refractivity (Wildman–Crippen MR) is 77.4 cm³/mol. The molecule has 0 aromatic heterocycles. The first-order valence-corrected chi connectivity index (χ1v) is 7.49. The van der Waals surface area contributed by atoms with Crippen molar-refractivity contribution in [1.82, 2.24) is 0 Å². The van der Waals surface area contributed by atoms with Crippen LogP contribution >= 0.6 is 0 Å². The summed E-state index contributed by atoms with van der Waals surface area (Å²) >= 11 is 0. The summed E-state index contributed by atoms with van der Waals surface area (Å²) < 4.78 is 23.0. The zero-order valence-corrected chi connectivity index (χ0v) is 12.5. The second kappa shape index (κ2) is 5.03. The maximum Gasteiger partial charge on any atom is 0.216 e. The van der Waals surface area contributed by atoms with E-state index in [1.54, 1.807) is 13.8 Å². The summed E-state index contributed by atoms with van der Waals surface area (Å²) in [5, 5.41) is 10.4. The highest BCUT2D eigenvalue weighted by Gasteiger charge is 2.57. The number of aliphatic hydroxyl groups excluding tert-OH is 1. The SMILES string of the molecule is CC1(C)O[C@H]2O[C@H](C3CN=C(c4ccccc4)O3)[C@H](O)[C@H]2O1. The van der Waals surface area contributed by atoms with Crippen molar-refractivity contribution in [2.75, 3.05) is 6.54 Å². The summed E-state index contributed by atoms with van der Waals surface area (Å²) in [5.41, 5.74) is 0.923. The van der Waals surface area contributed by atoms with Crippen molar-refractivity contribution >= 4 is 5.90 Å². The van der Waals surface area contributed by atoms with Gasteiger partial charge >= 0.3 is 0 Å². The number of aliphatic imine (C=N–C) groups is 1. The minimum absolute atomic E-state index is 0.328. The Morgan fingerprint density at radius 2 is 1.91 bits per heavy atom.